The fourth-order valence-corrected chi connectivity index (χ4v) is 0.952. The normalized spacial score (nSPS) is 9.00. The van der Waals surface area contributed by atoms with E-state index in [0.717, 1.165) is 25.7 Å². The number of ether oxygens (including phenoxy) is 1. The molecule has 0 aromatic rings. The number of unbranched alkanes of at least 4 members (excludes halogenated alkanes) is 2. The summed E-state index contributed by atoms with van der Waals surface area (Å²) in [5, 5.41) is 0. The molecule has 0 heterocycles. The molecule has 0 spiro atoms. The Balaban J connectivity index is 0. The first-order chi connectivity index (χ1) is 6.20. The summed E-state index contributed by atoms with van der Waals surface area (Å²) in [6.07, 6.45) is 4.31. The average Bonchev–Trinajstić information content (AvgIpc) is 2.05. The van der Waals surface area contributed by atoms with Crippen LogP contribution in [-0.4, -0.2) is 41.5 Å². The van der Waals surface area contributed by atoms with E-state index < -0.39 is 5.97 Å². The van der Waals surface area contributed by atoms with Crippen LogP contribution in [0.1, 0.15) is 52.4 Å². The molecule has 0 unspecified atom stereocenters. The van der Waals surface area contributed by atoms with Crippen molar-refractivity contribution in [2.24, 2.45) is 0 Å². The first-order valence-corrected chi connectivity index (χ1v) is 4.94. The molecule has 0 radical (unpaired) electrons. The van der Waals surface area contributed by atoms with Crippen LogP contribution in [0, 0.1) is 0 Å². The zero-order chi connectivity index (χ0) is 10.1. The summed E-state index contributed by atoms with van der Waals surface area (Å²) < 4.78 is 4.56. The standard InChI is InChI=1S/C10H18O3.Na.H/c1-3-5-6-8-10(12)13-9(11)7-4-2;;/h3-8H2,1-2H3;;. The Morgan fingerprint density at radius 2 is 1.50 bits per heavy atom. The number of carbonyl (C=O) groups is 2. The molecule has 4 heteroatoms. The van der Waals surface area contributed by atoms with Gasteiger partial charge in [0.1, 0.15) is 0 Å². The molecule has 0 fully saturated rings. The van der Waals surface area contributed by atoms with Crippen LogP contribution < -0.4 is 0 Å². The molecule has 0 aliphatic heterocycles. The molecule has 0 saturated carbocycles. The van der Waals surface area contributed by atoms with Gasteiger partial charge >= 0.3 is 41.5 Å². The first-order valence-electron chi connectivity index (χ1n) is 4.94. The van der Waals surface area contributed by atoms with Crippen LogP contribution in [0.15, 0.2) is 0 Å². The average molecular weight is 210 g/mol. The van der Waals surface area contributed by atoms with E-state index in [1.165, 1.54) is 0 Å². The molecule has 0 aromatic carbocycles. The van der Waals surface area contributed by atoms with Crippen molar-refractivity contribution in [3.63, 3.8) is 0 Å². The molecule has 0 N–H and O–H groups in total. The monoisotopic (exact) mass is 210 g/mol. The van der Waals surface area contributed by atoms with E-state index >= 15 is 0 Å². The summed E-state index contributed by atoms with van der Waals surface area (Å²) in [6, 6.07) is 0. The summed E-state index contributed by atoms with van der Waals surface area (Å²) in [6.45, 7) is 3.94. The van der Waals surface area contributed by atoms with E-state index in [0.29, 0.717) is 12.8 Å². The zero-order valence-electron chi connectivity index (χ0n) is 8.47. The second kappa shape index (κ2) is 11.2. The van der Waals surface area contributed by atoms with Crippen molar-refractivity contribution in [3.05, 3.63) is 0 Å². The van der Waals surface area contributed by atoms with Crippen molar-refractivity contribution in [2.45, 2.75) is 52.4 Å². The van der Waals surface area contributed by atoms with Crippen LogP contribution in [0.3, 0.4) is 0 Å². The summed E-state index contributed by atoms with van der Waals surface area (Å²) in [7, 11) is 0. The first kappa shape index (κ1) is 16.6. The van der Waals surface area contributed by atoms with Crippen LogP contribution in [-0.2, 0) is 14.3 Å². The van der Waals surface area contributed by atoms with Gasteiger partial charge in [0.15, 0.2) is 0 Å². The van der Waals surface area contributed by atoms with Crippen molar-refractivity contribution in [2.75, 3.05) is 0 Å². The van der Waals surface area contributed by atoms with Crippen molar-refractivity contribution < 1.29 is 14.3 Å². The van der Waals surface area contributed by atoms with E-state index in [1.807, 2.05) is 6.92 Å². The second-order valence-corrected chi connectivity index (χ2v) is 3.05. The number of rotatable bonds is 6. The van der Waals surface area contributed by atoms with E-state index in [9.17, 15) is 9.59 Å². The third kappa shape index (κ3) is 10.2. The van der Waals surface area contributed by atoms with Gasteiger partial charge in [-0.05, 0) is 12.8 Å². The molecule has 3 nitrogen and oxygen atoms in total. The van der Waals surface area contributed by atoms with Gasteiger partial charge in [0.2, 0.25) is 0 Å². The quantitative estimate of drug-likeness (QED) is 0.290. The van der Waals surface area contributed by atoms with Gasteiger partial charge in [0.05, 0.1) is 0 Å². The predicted molar refractivity (Wildman–Crippen MR) is 57.3 cm³/mol. The van der Waals surface area contributed by atoms with Gasteiger partial charge in [-0.25, -0.2) is 0 Å². The Morgan fingerprint density at radius 1 is 0.929 bits per heavy atom. The molecule has 0 atom stereocenters. The number of hydrogen-bond donors (Lipinski definition) is 0. The minimum absolute atomic E-state index is 0. The Bertz CT molecular complexity index is 169. The van der Waals surface area contributed by atoms with E-state index in [4.69, 9.17) is 0 Å². The Labute approximate surface area is 108 Å². The summed E-state index contributed by atoms with van der Waals surface area (Å²) in [5.41, 5.74) is 0. The fourth-order valence-electron chi connectivity index (χ4n) is 0.952. The summed E-state index contributed by atoms with van der Waals surface area (Å²) >= 11 is 0. The molecular formula is C10H19NaO3. The topological polar surface area (TPSA) is 43.4 Å². The molecule has 0 aliphatic carbocycles. The molecule has 0 aromatic heterocycles. The van der Waals surface area contributed by atoms with Gasteiger partial charge < -0.3 is 4.74 Å². The van der Waals surface area contributed by atoms with E-state index in [1.54, 1.807) is 0 Å². The maximum absolute atomic E-state index is 11.0. The van der Waals surface area contributed by atoms with E-state index in [2.05, 4.69) is 11.7 Å². The van der Waals surface area contributed by atoms with E-state index in [-0.39, 0.29) is 35.5 Å². The molecule has 0 amide bonds. The second-order valence-electron chi connectivity index (χ2n) is 3.05. The number of esters is 2. The molecular weight excluding hydrogens is 191 g/mol. The third-order valence-corrected chi connectivity index (χ3v) is 1.67. The van der Waals surface area contributed by atoms with Gasteiger partial charge in [-0.15, -0.1) is 0 Å². The van der Waals surface area contributed by atoms with Crippen LogP contribution in [0.25, 0.3) is 0 Å². The van der Waals surface area contributed by atoms with Gasteiger partial charge in [-0.2, -0.15) is 0 Å². The van der Waals surface area contributed by atoms with Crippen molar-refractivity contribution in [3.8, 4) is 0 Å². The van der Waals surface area contributed by atoms with Crippen LogP contribution in [0.2, 0.25) is 0 Å². The third-order valence-electron chi connectivity index (χ3n) is 1.67. The van der Waals surface area contributed by atoms with Gasteiger partial charge in [0.25, 0.3) is 0 Å². The predicted octanol–water partition coefficient (Wildman–Crippen LogP) is 1.79. The summed E-state index contributed by atoms with van der Waals surface area (Å²) in [4.78, 5) is 21.8. The molecule has 78 valence electrons. The van der Waals surface area contributed by atoms with Crippen molar-refractivity contribution in [1.29, 1.82) is 0 Å². The number of hydrogen-bond acceptors (Lipinski definition) is 3. The molecule has 0 aliphatic rings. The fraction of sp³-hybridized carbons (Fsp3) is 0.800. The maximum atomic E-state index is 11.0. The van der Waals surface area contributed by atoms with Gasteiger partial charge in [-0.1, -0.05) is 26.7 Å². The van der Waals surface area contributed by atoms with Crippen molar-refractivity contribution in [1.82, 2.24) is 0 Å². The SMILES string of the molecule is CCCCCC(=O)OC(=O)CCC.[NaH]. The van der Waals surface area contributed by atoms with Crippen LogP contribution in [0.5, 0.6) is 0 Å². The van der Waals surface area contributed by atoms with Gasteiger partial charge in [0, 0.05) is 12.8 Å². The summed E-state index contributed by atoms with van der Waals surface area (Å²) in [5.74, 6) is -0.782. The van der Waals surface area contributed by atoms with Crippen LogP contribution >= 0.6 is 0 Å². The Kier molecular flexibility index (Phi) is 13.3. The molecule has 0 bridgehead atoms. The Hall–Kier alpha value is 0.140. The zero-order valence-corrected chi connectivity index (χ0v) is 8.47. The molecule has 0 saturated heterocycles. The van der Waals surface area contributed by atoms with Gasteiger partial charge in [-0.3, -0.25) is 9.59 Å². The number of carbonyl (C=O) groups excluding carboxylic acids is 2. The van der Waals surface area contributed by atoms with Crippen LogP contribution in [0.4, 0.5) is 0 Å². The minimum atomic E-state index is -0.399. The van der Waals surface area contributed by atoms with Crippen molar-refractivity contribution >= 4 is 41.5 Å². The Morgan fingerprint density at radius 3 is 2.00 bits per heavy atom. The molecule has 0 rings (SSSR count). The molecule has 14 heavy (non-hydrogen) atoms.